The first kappa shape index (κ1) is 11.3. The van der Waals surface area contributed by atoms with Crippen LogP contribution in [0, 0.1) is 0 Å². The summed E-state index contributed by atoms with van der Waals surface area (Å²) in [5, 5.41) is 0. The number of amides is 1. The molecule has 1 amide bonds. The van der Waals surface area contributed by atoms with Crippen molar-refractivity contribution in [2.45, 2.75) is 13.1 Å². The van der Waals surface area contributed by atoms with E-state index in [1.807, 2.05) is 18.2 Å². The molecule has 3 rings (SSSR count). The zero-order valence-corrected chi connectivity index (χ0v) is 11.1. The molecule has 0 fully saturated rings. The van der Waals surface area contributed by atoms with Crippen LogP contribution in [0.1, 0.15) is 21.7 Å². The van der Waals surface area contributed by atoms with Crippen LogP contribution in [0.5, 0.6) is 0 Å². The summed E-state index contributed by atoms with van der Waals surface area (Å²) in [6.07, 6.45) is 0. The molecule has 0 atom stereocenters. The summed E-state index contributed by atoms with van der Waals surface area (Å²) in [4.78, 5) is 13.9. The molecule has 1 aromatic carbocycles. The van der Waals surface area contributed by atoms with Gasteiger partial charge in [0.05, 0.1) is 0 Å². The van der Waals surface area contributed by atoms with Gasteiger partial charge in [-0.25, -0.2) is 0 Å². The number of hydrogen-bond donors (Lipinski definition) is 1. The molecule has 0 radical (unpaired) electrons. The third-order valence-corrected chi connectivity index (χ3v) is 3.45. The average molecular weight is 307 g/mol. The van der Waals surface area contributed by atoms with E-state index in [1.54, 1.807) is 17.0 Å². The Morgan fingerprint density at radius 3 is 2.72 bits per heavy atom. The number of halogens is 1. The van der Waals surface area contributed by atoms with E-state index in [1.165, 1.54) is 0 Å². The van der Waals surface area contributed by atoms with E-state index in [2.05, 4.69) is 15.9 Å². The van der Waals surface area contributed by atoms with Gasteiger partial charge >= 0.3 is 0 Å². The predicted molar refractivity (Wildman–Crippen MR) is 70.8 cm³/mol. The molecule has 0 saturated carbocycles. The zero-order valence-electron chi connectivity index (χ0n) is 9.52. The van der Waals surface area contributed by atoms with Crippen LogP contribution in [-0.2, 0) is 13.1 Å². The van der Waals surface area contributed by atoms with Crippen LogP contribution in [0.25, 0.3) is 0 Å². The molecule has 0 spiro atoms. The number of anilines is 1. The highest BCUT2D eigenvalue weighted by Crippen LogP contribution is 2.26. The van der Waals surface area contributed by atoms with Crippen LogP contribution in [0.3, 0.4) is 0 Å². The minimum atomic E-state index is -0.101. The van der Waals surface area contributed by atoms with Gasteiger partial charge in [-0.05, 0) is 51.3 Å². The lowest BCUT2D eigenvalue weighted by Gasteiger charge is -2.13. The smallest absolute Gasteiger partial charge is 0.290 e. The van der Waals surface area contributed by atoms with E-state index >= 15 is 0 Å². The molecule has 0 aliphatic carbocycles. The number of rotatable bonds is 1. The zero-order chi connectivity index (χ0) is 12.7. The second-order valence-corrected chi connectivity index (χ2v) is 5.07. The lowest BCUT2D eigenvalue weighted by molar-refractivity contribution is 0.0718. The number of benzene rings is 1. The molecule has 2 aromatic rings. The van der Waals surface area contributed by atoms with Crippen molar-refractivity contribution in [2.75, 3.05) is 5.73 Å². The fourth-order valence-electron chi connectivity index (χ4n) is 2.14. The van der Waals surface area contributed by atoms with Crippen molar-refractivity contribution >= 4 is 27.5 Å². The number of carbonyl (C=O) groups is 1. The fourth-order valence-corrected chi connectivity index (χ4v) is 2.45. The van der Waals surface area contributed by atoms with Crippen molar-refractivity contribution in [1.82, 2.24) is 4.90 Å². The Hall–Kier alpha value is -1.75. The van der Waals surface area contributed by atoms with Crippen LogP contribution in [0.4, 0.5) is 5.69 Å². The first-order valence-corrected chi connectivity index (χ1v) is 6.34. The van der Waals surface area contributed by atoms with Gasteiger partial charge in [-0.1, -0.05) is 6.07 Å². The van der Waals surface area contributed by atoms with Crippen molar-refractivity contribution in [1.29, 1.82) is 0 Å². The van der Waals surface area contributed by atoms with E-state index in [0.29, 0.717) is 23.5 Å². The second kappa shape index (κ2) is 4.17. The van der Waals surface area contributed by atoms with Crippen molar-refractivity contribution in [3.63, 3.8) is 0 Å². The lowest BCUT2D eigenvalue weighted by atomic mass is 10.1. The van der Waals surface area contributed by atoms with E-state index in [-0.39, 0.29) is 5.91 Å². The molecule has 18 heavy (non-hydrogen) atoms. The Bertz CT molecular complexity index is 621. The molecule has 0 saturated heterocycles. The largest absolute Gasteiger partial charge is 0.444 e. The topological polar surface area (TPSA) is 59.5 Å². The lowest BCUT2D eigenvalue weighted by Crippen LogP contribution is -2.24. The summed E-state index contributed by atoms with van der Waals surface area (Å²) in [7, 11) is 0. The van der Waals surface area contributed by atoms with Gasteiger partial charge < -0.3 is 15.1 Å². The Kier molecular flexibility index (Phi) is 2.63. The maximum Gasteiger partial charge on any atom is 0.290 e. The third kappa shape index (κ3) is 1.90. The van der Waals surface area contributed by atoms with Crippen LogP contribution >= 0.6 is 15.9 Å². The summed E-state index contributed by atoms with van der Waals surface area (Å²) in [5.74, 6) is 0.248. The van der Waals surface area contributed by atoms with Gasteiger partial charge in [-0.3, -0.25) is 4.79 Å². The standard InChI is InChI=1S/C13H11BrN2O2/c14-12-4-3-11(18-12)13(17)16-6-8-1-2-10(15)5-9(8)7-16/h1-5H,6-7,15H2. The molecule has 1 aromatic heterocycles. The molecule has 1 aliphatic heterocycles. The highest BCUT2D eigenvalue weighted by Gasteiger charge is 2.26. The van der Waals surface area contributed by atoms with E-state index in [0.717, 1.165) is 16.8 Å². The van der Waals surface area contributed by atoms with Gasteiger partial charge in [-0.2, -0.15) is 0 Å². The minimum absolute atomic E-state index is 0.101. The van der Waals surface area contributed by atoms with Crippen molar-refractivity contribution in [3.8, 4) is 0 Å². The summed E-state index contributed by atoms with van der Waals surface area (Å²) in [6, 6.07) is 9.13. The number of fused-ring (bicyclic) bond motifs is 1. The molecule has 92 valence electrons. The Morgan fingerprint density at radius 2 is 2.00 bits per heavy atom. The van der Waals surface area contributed by atoms with Gasteiger partial charge in [0.15, 0.2) is 10.4 Å². The van der Waals surface area contributed by atoms with Crippen molar-refractivity contribution in [2.24, 2.45) is 0 Å². The quantitative estimate of drug-likeness (QED) is 0.824. The predicted octanol–water partition coefficient (Wildman–Crippen LogP) is 2.78. The Morgan fingerprint density at radius 1 is 1.22 bits per heavy atom. The SMILES string of the molecule is Nc1ccc2c(c1)CN(C(=O)c1ccc(Br)o1)C2. The molecule has 0 bridgehead atoms. The van der Waals surface area contributed by atoms with Crippen molar-refractivity contribution < 1.29 is 9.21 Å². The summed E-state index contributed by atoms with van der Waals surface area (Å²) in [6.45, 7) is 1.18. The third-order valence-electron chi connectivity index (χ3n) is 3.02. The number of hydrogen-bond acceptors (Lipinski definition) is 3. The molecular formula is C13H11BrN2O2. The summed E-state index contributed by atoms with van der Waals surface area (Å²) in [5.41, 5.74) is 8.71. The number of nitrogen functional groups attached to an aromatic ring is 1. The number of nitrogens with two attached hydrogens (primary N) is 1. The van der Waals surface area contributed by atoms with Crippen LogP contribution in [-0.4, -0.2) is 10.8 Å². The molecule has 4 nitrogen and oxygen atoms in total. The summed E-state index contributed by atoms with van der Waals surface area (Å²) < 4.78 is 5.84. The van der Waals surface area contributed by atoms with Crippen molar-refractivity contribution in [3.05, 3.63) is 51.9 Å². The number of carbonyl (C=O) groups excluding carboxylic acids is 1. The van der Waals surface area contributed by atoms with E-state index < -0.39 is 0 Å². The molecule has 1 aliphatic rings. The van der Waals surface area contributed by atoms with Gasteiger partial charge in [0.2, 0.25) is 0 Å². The highest BCUT2D eigenvalue weighted by molar-refractivity contribution is 9.10. The van der Waals surface area contributed by atoms with Gasteiger partial charge in [0, 0.05) is 18.8 Å². The van der Waals surface area contributed by atoms with Crippen LogP contribution < -0.4 is 5.73 Å². The molecular weight excluding hydrogens is 296 g/mol. The maximum absolute atomic E-state index is 12.2. The normalized spacial score (nSPS) is 13.7. The highest BCUT2D eigenvalue weighted by atomic mass is 79.9. The molecule has 2 N–H and O–H groups in total. The Balaban J connectivity index is 1.83. The Labute approximate surface area is 113 Å². The second-order valence-electron chi connectivity index (χ2n) is 4.29. The summed E-state index contributed by atoms with van der Waals surface area (Å²) >= 11 is 3.19. The van der Waals surface area contributed by atoms with Crippen LogP contribution in [0.15, 0.2) is 39.4 Å². The molecule has 5 heteroatoms. The number of furan rings is 1. The maximum atomic E-state index is 12.2. The van der Waals surface area contributed by atoms with Gasteiger partial charge in [-0.15, -0.1) is 0 Å². The van der Waals surface area contributed by atoms with E-state index in [9.17, 15) is 4.79 Å². The first-order chi connectivity index (χ1) is 8.63. The molecule has 0 unspecified atom stereocenters. The van der Waals surface area contributed by atoms with E-state index in [4.69, 9.17) is 10.2 Å². The monoisotopic (exact) mass is 306 g/mol. The van der Waals surface area contributed by atoms with Gasteiger partial charge in [0.1, 0.15) is 0 Å². The van der Waals surface area contributed by atoms with Gasteiger partial charge in [0.25, 0.3) is 5.91 Å². The molecule has 2 heterocycles. The first-order valence-electron chi connectivity index (χ1n) is 5.55. The minimum Gasteiger partial charge on any atom is -0.444 e. The average Bonchev–Trinajstić information content (AvgIpc) is 2.93. The van der Waals surface area contributed by atoms with Crippen LogP contribution in [0.2, 0.25) is 0 Å². The fraction of sp³-hybridized carbons (Fsp3) is 0.154. The number of nitrogens with zero attached hydrogens (tertiary/aromatic N) is 1.